The SMILES string of the molecule is CC1CN(C(C)c2cccc(OC(F)F)c2)CC1C(=O)O. The molecule has 0 amide bonds. The van der Waals surface area contributed by atoms with Gasteiger partial charge in [-0.2, -0.15) is 8.78 Å². The summed E-state index contributed by atoms with van der Waals surface area (Å²) in [6.45, 7) is 2.16. The van der Waals surface area contributed by atoms with Gasteiger partial charge < -0.3 is 9.84 Å². The number of carboxylic acids is 1. The van der Waals surface area contributed by atoms with E-state index in [2.05, 4.69) is 9.64 Å². The number of hydrogen-bond acceptors (Lipinski definition) is 3. The van der Waals surface area contributed by atoms with Crippen molar-refractivity contribution in [1.82, 2.24) is 4.90 Å². The molecule has 1 aromatic carbocycles. The van der Waals surface area contributed by atoms with Gasteiger partial charge in [0, 0.05) is 19.1 Å². The summed E-state index contributed by atoms with van der Waals surface area (Å²) < 4.78 is 28.9. The van der Waals surface area contributed by atoms with Gasteiger partial charge in [0.1, 0.15) is 5.75 Å². The summed E-state index contributed by atoms with van der Waals surface area (Å²) in [6, 6.07) is 6.52. The smallest absolute Gasteiger partial charge is 0.387 e. The molecule has 1 heterocycles. The molecule has 2 rings (SSSR count). The molecule has 0 aromatic heterocycles. The molecule has 0 bridgehead atoms. The number of carbonyl (C=O) groups is 1. The van der Waals surface area contributed by atoms with Crippen LogP contribution in [0.3, 0.4) is 0 Å². The first-order valence-electron chi connectivity index (χ1n) is 6.90. The molecular formula is C15H19F2NO3. The Morgan fingerprint density at radius 2 is 2.14 bits per heavy atom. The van der Waals surface area contributed by atoms with Crippen LogP contribution >= 0.6 is 0 Å². The van der Waals surface area contributed by atoms with Gasteiger partial charge in [-0.25, -0.2) is 0 Å². The fourth-order valence-corrected chi connectivity index (χ4v) is 2.80. The van der Waals surface area contributed by atoms with Gasteiger partial charge in [-0.05, 0) is 30.5 Å². The second-order valence-electron chi connectivity index (χ2n) is 5.50. The van der Waals surface area contributed by atoms with E-state index in [-0.39, 0.29) is 23.6 Å². The van der Waals surface area contributed by atoms with Crippen LogP contribution in [0.1, 0.15) is 25.5 Å². The van der Waals surface area contributed by atoms with Gasteiger partial charge in [0.2, 0.25) is 0 Å². The van der Waals surface area contributed by atoms with Gasteiger partial charge in [-0.3, -0.25) is 9.69 Å². The number of alkyl halides is 2. The average Bonchev–Trinajstić information content (AvgIpc) is 2.79. The summed E-state index contributed by atoms with van der Waals surface area (Å²) in [4.78, 5) is 13.2. The highest BCUT2D eigenvalue weighted by molar-refractivity contribution is 5.71. The molecule has 0 radical (unpaired) electrons. The summed E-state index contributed by atoms with van der Waals surface area (Å²) >= 11 is 0. The standard InChI is InChI=1S/C15H19F2NO3/c1-9-7-18(8-13(9)14(19)20)10(2)11-4-3-5-12(6-11)21-15(16)17/h3-6,9-10,13,15H,7-8H2,1-2H3,(H,19,20). The molecular weight excluding hydrogens is 280 g/mol. The van der Waals surface area contributed by atoms with E-state index in [4.69, 9.17) is 5.11 Å². The molecule has 0 saturated carbocycles. The molecule has 0 spiro atoms. The first-order valence-corrected chi connectivity index (χ1v) is 6.90. The summed E-state index contributed by atoms with van der Waals surface area (Å²) in [5.74, 6) is -0.971. The summed E-state index contributed by atoms with van der Waals surface area (Å²) in [6.07, 6.45) is 0. The Hall–Kier alpha value is -1.69. The number of ether oxygens (including phenoxy) is 1. The van der Waals surface area contributed by atoms with Crippen LogP contribution in [0, 0.1) is 11.8 Å². The second-order valence-corrected chi connectivity index (χ2v) is 5.50. The van der Waals surface area contributed by atoms with Crippen LogP contribution in [-0.4, -0.2) is 35.7 Å². The highest BCUT2D eigenvalue weighted by Gasteiger charge is 2.36. The second kappa shape index (κ2) is 6.39. The van der Waals surface area contributed by atoms with Gasteiger partial charge in [0.25, 0.3) is 0 Å². The molecule has 1 aromatic rings. The number of hydrogen-bond donors (Lipinski definition) is 1. The molecule has 21 heavy (non-hydrogen) atoms. The van der Waals surface area contributed by atoms with E-state index < -0.39 is 12.6 Å². The molecule has 3 unspecified atom stereocenters. The van der Waals surface area contributed by atoms with Gasteiger partial charge in [0.15, 0.2) is 0 Å². The molecule has 6 heteroatoms. The van der Waals surface area contributed by atoms with Crippen molar-refractivity contribution in [2.45, 2.75) is 26.5 Å². The Kier molecular flexibility index (Phi) is 4.77. The molecule has 4 nitrogen and oxygen atoms in total. The largest absolute Gasteiger partial charge is 0.481 e. The monoisotopic (exact) mass is 299 g/mol. The lowest BCUT2D eigenvalue weighted by molar-refractivity contribution is -0.142. The number of carboxylic acid groups (broad SMARTS) is 1. The summed E-state index contributed by atoms with van der Waals surface area (Å²) in [7, 11) is 0. The minimum absolute atomic E-state index is 0.0435. The summed E-state index contributed by atoms with van der Waals surface area (Å²) in [5, 5.41) is 9.17. The Bertz CT molecular complexity index is 509. The maximum absolute atomic E-state index is 12.2. The molecule has 0 aliphatic carbocycles. The molecule has 1 aliphatic heterocycles. The fraction of sp³-hybridized carbons (Fsp3) is 0.533. The zero-order valence-electron chi connectivity index (χ0n) is 12.0. The Morgan fingerprint density at radius 1 is 1.43 bits per heavy atom. The number of rotatable bonds is 5. The van der Waals surface area contributed by atoms with Crippen molar-refractivity contribution in [3.8, 4) is 5.75 Å². The van der Waals surface area contributed by atoms with Crippen molar-refractivity contribution in [1.29, 1.82) is 0 Å². The van der Waals surface area contributed by atoms with Crippen molar-refractivity contribution < 1.29 is 23.4 Å². The molecule has 1 N–H and O–H groups in total. The summed E-state index contributed by atoms with van der Waals surface area (Å²) in [5.41, 5.74) is 0.839. The van der Waals surface area contributed by atoms with Crippen LogP contribution in [0.15, 0.2) is 24.3 Å². The highest BCUT2D eigenvalue weighted by atomic mass is 19.3. The van der Waals surface area contributed by atoms with Crippen LogP contribution in [-0.2, 0) is 4.79 Å². The third kappa shape index (κ3) is 3.69. The van der Waals surface area contributed by atoms with Crippen molar-refractivity contribution in [2.75, 3.05) is 13.1 Å². The number of aliphatic carboxylic acids is 1. The lowest BCUT2D eigenvalue weighted by Gasteiger charge is -2.25. The maximum atomic E-state index is 12.2. The van der Waals surface area contributed by atoms with E-state index in [0.29, 0.717) is 13.1 Å². The first-order chi connectivity index (χ1) is 9.88. The van der Waals surface area contributed by atoms with Crippen molar-refractivity contribution in [3.63, 3.8) is 0 Å². The predicted octanol–water partition coefficient (Wildman–Crippen LogP) is 3.00. The molecule has 1 fully saturated rings. The first kappa shape index (κ1) is 15.7. The normalized spacial score (nSPS) is 24.2. The highest BCUT2D eigenvalue weighted by Crippen LogP contribution is 2.32. The van der Waals surface area contributed by atoms with Crippen molar-refractivity contribution in [3.05, 3.63) is 29.8 Å². The number of nitrogens with zero attached hydrogens (tertiary/aromatic N) is 1. The van der Waals surface area contributed by atoms with Crippen LogP contribution < -0.4 is 4.74 Å². The average molecular weight is 299 g/mol. The number of halogens is 2. The third-order valence-electron chi connectivity index (χ3n) is 4.07. The minimum Gasteiger partial charge on any atom is -0.481 e. The van der Waals surface area contributed by atoms with Gasteiger partial charge >= 0.3 is 12.6 Å². The Labute approximate surface area is 122 Å². The quantitative estimate of drug-likeness (QED) is 0.908. The predicted molar refractivity (Wildman–Crippen MR) is 73.4 cm³/mol. The van der Waals surface area contributed by atoms with E-state index >= 15 is 0 Å². The minimum atomic E-state index is -2.85. The van der Waals surface area contributed by atoms with Gasteiger partial charge in [0.05, 0.1) is 5.92 Å². The van der Waals surface area contributed by atoms with E-state index in [1.54, 1.807) is 12.1 Å². The topological polar surface area (TPSA) is 49.8 Å². The van der Waals surface area contributed by atoms with Crippen molar-refractivity contribution >= 4 is 5.97 Å². The van der Waals surface area contributed by atoms with Crippen LogP contribution in [0.25, 0.3) is 0 Å². The lowest BCUT2D eigenvalue weighted by Crippen LogP contribution is -2.26. The fourth-order valence-electron chi connectivity index (χ4n) is 2.80. The Morgan fingerprint density at radius 3 is 2.71 bits per heavy atom. The van der Waals surface area contributed by atoms with E-state index in [0.717, 1.165) is 5.56 Å². The van der Waals surface area contributed by atoms with Crippen molar-refractivity contribution in [2.24, 2.45) is 11.8 Å². The molecule has 1 saturated heterocycles. The Balaban J connectivity index is 2.10. The lowest BCUT2D eigenvalue weighted by atomic mass is 9.99. The van der Waals surface area contributed by atoms with Gasteiger partial charge in [-0.1, -0.05) is 19.1 Å². The van der Waals surface area contributed by atoms with E-state index in [9.17, 15) is 13.6 Å². The number of benzene rings is 1. The van der Waals surface area contributed by atoms with Gasteiger partial charge in [-0.15, -0.1) is 0 Å². The van der Waals surface area contributed by atoms with E-state index in [1.807, 2.05) is 19.9 Å². The maximum Gasteiger partial charge on any atom is 0.387 e. The zero-order chi connectivity index (χ0) is 15.6. The van der Waals surface area contributed by atoms with Crippen LogP contribution in [0.4, 0.5) is 8.78 Å². The molecule has 1 aliphatic rings. The van der Waals surface area contributed by atoms with Crippen LogP contribution in [0.5, 0.6) is 5.75 Å². The number of likely N-dealkylation sites (tertiary alicyclic amines) is 1. The van der Waals surface area contributed by atoms with Crippen LogP contribution in [0.2, 0.25) is 0 Å². The molecule has 3 atom stereocenters. The third-order valence-corrected chi connectivity index (χ3v) is 4.07. The zero-order valence-corrected chi connectivity index (χ0v) is 12.0. The molecule has 116 valence electrons. The van der Waals surface area contributed by atoms with E-state index in [1.165, 1.54) is 6.07 Å².